The van der Waals surface area contributed by atoms with Crippen LogP contribution in [0.25, 0.3) is 28.0 Å². The van der Waals surface area contributed by atoms with Gasteiger partial charge in [0, 0.05) is 29.3 Å². The van der Waals surface area contributed by atoms with Crippen LogP contribution in [0.4, 0.5) is 5.69 Å². The van der Waals surface area contributed by atoms with E-state index in [1.165, 1.54) is 0 Å². The van der Waals surface area contributed by atoms with Crippen LogP contribution in [0.3, 0.4) is 0 Å². The third-order valence-electron chi connectivity index (χ3n) is 4.84. The van der Waals surface area contributed by atoms with Gasteiger partial charge in [0.15, 0.2) is 17.1 Å². The first kappa shape index (κ1) is 19.4. The minimum absolute atomic E-state index is 0.510. The molecule has 2 aromatic carbocycles. The van der Waals surface area contributed by atoms with Gasteiger partial charge >= 0.3 is 0 Å². The van der Waals surface area contributed by atoms with Crippen molar-refractivity contribution >= 4 is 16.7 Å². The topological polar surface area (TPSA) is 93.7 Å². The Labute approximate surface area is 173 Å². The van der Waals surface area contributed by atoms with Gasteiger partial charge in [0.1, 0.15) is 11.4 Å². The van der Waals surface area contributed by atoms with Crippen LogP contribution < -0.4 is 24.7 Å². The summed E-state index contributed by atoms with van der Waals surface area (Å²) in [6.07, 6.45) is 1.73. The first-order chi connectivity index (χ1) is 14.6. The quantitative estimate of drug-likeness (QED) is 0.488. The third-order valence-corrected chi connectivity index (χ3v) is 4.84. The van der Waals surface area contributed by atoms with Crippen molar-refractivity contribution in [1.29, 1.82) is 0 Å². The lowest BCUT2D eigenvalue weighted by Gasteiger charge is -2.14. The van der Waals surface area contributed by atoms with Gasteiger partial charge in [0.05, 0.1) is 39.8 Å². The van der Waals surface area contributed by atoms with Crippen LogP contribution >= 0.6 is 0 Å². The number of nitrogens with zero attached hydrogens (tertiary/aromatic N) is 3. The van der Waals surface area contributed by atoms with E-state index in [-0.39, 0.29) is 0 Å². The molecule has 2 N–H and O–H groups in total. The van der Waals surface area contributed by atoms with E-state index < -0.39 is 0 Å². The Hall–Kier alpha value is -3.94. The number of methoxy groups -OCH3 is 4. The predicted molar refractivity (Wildman–Crippen MR) is 115 cm³/mol. The van der Waals surface area contributed by atoms with Gasteiger partial charge in [0.2, 0.25) is 5.75 Å². The van der Waals surface area contributed by atoms with Gasteiger partial charge in [-0.25, -0.2) is 9.67 Å². The zero-order valence-corrected chi connectivity index (χ0v) is 17.2. The Bertz CT molecular complexity index is 1190. The van der Waals surface area contributed by atoms with Crippen molar-refractivity contribution in [3.05, 3.63) is 48.7 Å². The number of hydrogen-bond acceptors (Lipinski definition) is 7. The van der Waals surface area contributed by atoms with Crippen LogP contribution in [0.5, 0.6) is 23.0 Å². The van der Waals surface area contributed by atoms with Gasteiger partial charge in [-0.05, 0) is 30.3 Å². The van der Waals surface area contributed by atoms with Crippen LogP contribution in [0, 0.1) is 0 Å². The highest BCUT2D eigenvalue weighted by Crippen LogP contribution is 2.40. The first-order valence-corrected chi connectivity index (χ1v) is 9.19. The molecule has 2 heterocycles. The van der Waals surface area contributed by atoms with Crippen molar-refractivity contribution in [3.8, 4) is 39.9 Å². The van der Waals surface area contributed by atoms with Crippen molar-refractivity contribution in [1.82, 2.24) is 14.8 Å². The molecule has 0 radical (unpaired) electrons. The third kappa shape index (κ3) is 3.12. The lowest BCUT2D eigenvalue weighted by atomic mass is 10.1. The maximum absolute atomic E-state index is 6.12. The smallest absolute Gasteiger partial charge is 0.203 e. The number of hydrogen-bond donors (Lipinski definition) is 1. The molecule has 4 rings (SSSR count). The SMILES string of the molecule is COc1ccc(-c2nn(-c3cc(OC)c(OC)c(OC)c3)c3ncccc23)cc1N. The highest BCUT2D eigenvalue weighted by atomic mass is 16.5. The van der Waals surface area contributed by atoms with E-state index in [1.54, 1.807) is 39.3 Å². The number of ether oxygens (including phenoxy) is 4. The van der Waals surface area contributed by atoms with E-state index in [2.05, 4.69) is 4.98 Å². The van der Waals surface area contributed by atoms with E-state index in [0.29, 0.717) is 34.3 Å². The predicted octanol–water partition coefficient (Wildman–Crippen LogP) is 3.70. The highest BCUT2D eigenvalue weighted by Gasteiger charge is 2.19. The van der Waals surface area contributed by atoms with Crippen molar-refractivity contribution in [2.75, 3.05) is 34.2 Å². The summed E-state index contributed by atoms with van der Waals surface area (Å²) in [7, 11) is 6.30. The van der Waals surface area contributed by atoms with E-state index >= 15 is 0 Å². The fraction of sp³-hybridized carbons (Fsp3) is 0.182. The number of pyridine rings is 1. The van der Waals surface area contributed by atoms with Crippen LogP contribution in [-0.4, -0.2) is 43.2 Å². The Morgan fingerprint density at radius 3 is 2.13 bits per heavy atom. The largest absolute Gasteiger partial charge is 0.495 e. The molecule has 0 amide bonds. The molecule has 0 aliphatic rings. The molecular formula is C22H22N4O4. The summed E-state index contributed by atoms with van der Waals surface area (Å²) in [6, 6.07) is 13.1. The molecule has 8 heteroatoms. The van der Waals surface area contributed by atoms with Crippen molar-refractivity contribution in [2.24, 2.45) is 0 Å². The minimum atomic E-state index is 0.510. The van der Waals surface area contributed by atoms with Gasteiger partial charge in [0.25, 0.3) is 0 Å². The number of anilines is 1. The molecule has 0 aliphatic heterocycles. The lowest BCUT2D eigenvalue weighted by Crippen LogP contribution is -2.02. The van der Waals surface area contributed by atoms with Crippen LogP contribution in [0.15, 0.2) is 48.7 Å². The molecule has 0 spiro atoms. The van der Waals surface area contributed by atoms with Crippen LogP contribution in [0.1, 0.15) is 0 Å². The number of benzene rings is 2. The number of nitrogen functional groups attached to an aromatic ring is 1. The van der Waals surface area contributed by atoms with Gasteiger partial charge in [-0.1, -0.05) is 0 Å². The van der Waals surface area contributed by atoms with Gasteiger partial charge < -0.3 is 24.7 Å². The van der Waals surface area contributed by atoms with E-state index in [9.17, 15) is 0 Å². The maximum atomic E-state index is 6.12. The van der Waals surface area contributed by atoms with Crippen LogP contribution in [-0.2, 0) is 0 Å². The summed E-state index contributed by atoms with van der Waals surface area (Å²) in [4.78, 5) is 4.55. The molecule has 0 fully saturated rings. The summed E-state index contributed by atoms with van der Waals surface area (Å²) in [5.74, 6) is 2.19. The fourth-order valence-corrected chi connectivity index (χ4v) is 3.42. The van der Waals surface area contributed by atoms with Crippen LogP contribution in [0.2, 0.25) is 0 Å². The lowest BCUT2D eigenvalue weighted by molar-refractivity contribution is 0.324. The number of aromatic nitrogens is 3. The van der Waals surface area contributed by atoms with Crippen molar-refractivity contribution in [2.45, 2.75) is 0 Å². The van der Waals surface area contributed by atoms with Gasteiger partial charge in [-0.15, -0.1) is 0 Å². The zero-order valence-electron chi connectivity index (χ0n) is 17.2. The fourth-order valence-electron chi connectivity index (χ4n) is 3.42. The minimum Gasteiger partial charge on any atom is -0.495 e. The summed E-state index contributed by atoms with van der Waals surface area (Å²) < 4.78 is 23.4. The summed E-state index contributed by atoms with van der Waals surface area (Å²) in [5, 5.41) is 5.72. The van der Waals surface area contributed by atoms with Crippen molar-refractivity contribution < 1.29 is 18.9 Å². The van der Waals surface area contributed by atoms with Gasteiger partial charge in [-0.2, -0.15) is 5.10 Å². The molecule has 8 nitrogen and oxygen atoms in total. The molecule has 4 aromatic rings. The molecule has 30 heavy (non-hydrogen) atoms. The summed E-state index contributed by atoms with van der Waals surface area (Å²) >= 11 is 0. The number of rotatable bonds is 6. The molecule has 2 aromatic heterocycles. The monoisotopic (exact) mass is 406 g/mol. The summed E-state index contributed by atoms with van der Waals surface area (Å²) in [5.41, 5.74) is 9.68. The normalized spacial score (nSPS) is 10.8. The van der Waals surface area contributed by atoms with Gasteiger partial charge in [-0.3, -0.25) is 0 Å². The Morgan fingerprint density at radius 2 is 1.53 bits per heavy atom. The zero-order chi connectivity index (χ0) is 21.3. The Kier molecular flexibility index (Phi) is 5.05. The maximum Gasteiger partial charge on any atom is 0.203 e. The Morgan fingerprint density at radius 1 is 0.833 bits per heavy atom. The average Bonchev–Trinajstić information content (AvgIpc) is 3.17. The number of nitrogens with two attached hydrogens (primary N) is 1. The molecule has 0 unspecified atom stereocenters. The first-order valence-electron chi connectivity index (χ1n) is 9.19. The second-order valence-electron chi connectivity index (χ2n) is 6.48. The molecule has 0 atom stereocenters. The second-order valence-corrected chi connectivity index (χ2v) is 6.48. The number of fused-ring (bicyclic) bond motifs is 1. The Balaban J connectivity index is 1.95. The van der Waals surface area contributed by atoms with E-state index in [1.807, 2.05) is 42.5 Å². The van der Waals surface area contributed by atoms with Crippen molar-refractivity contribution in [3.63, 3.8) is 0 Å². The molecule has 0 saturated heterocycles. The second kappa shape index (κ2) is 7.82. The summed E-state index contributed by atoms with van der Waals surface area (Å²) in [6.45, 7) is 0. The standard InChI is InChI=1S/C22H22N4O4/c1-27-17-8-7-13(10-16(17)23)20-15-6-5-9-24-22(15)26(25-20)14-11-18(28-2)21(30-4)19(12-14)29-3/h5-12H,23H2,1-4H3. The van der Waals surface area contributed by atoms with E-state index in [0.717, 1.165) is 22.3 Å². The molecule has 0 saturated carbocycles. The van der Waals surface area contributed by atoms with E-state index in [4.69, 9.17) is 29.8 Å². The average molecular weight is 406 g/mol. The molecule has 0 aliphatic carbocycles. The highest BCUT2D eigenvalue weighted by molar-refractivity contribution is 5.93. The molecule has 154 valence electrons. The molecular weight excluding hydrogens is 384 g/mol. The molecule has 0 bridgehead atoms.